The summed E-state index contributed by atoms with van der Waals surface area (Å²) in [5.41, 5.74) is 2.90. The summed E-state index contributed by atoms with van der Waals surface area (Å²) in [5.74, 6) is -0.170. The largest absolute Gasteiger partial charge is 0.444 e. The molecule has 210 valence electrons. The van der Waals surface area contributed by atoms with Crippen molar-refractivity contribution in [3.63, 3.8) is 0 Å². The van der Waals surface area contributed by atoms with E-state index in [-0.39, 0.29) is 12.5 Å². The zero-order valence-electron chi connectivity index (χ0n) is 23.5. The second-order valence-corrected chi connectivity index (χ2v) is 12.8. The Balaban J connectivity index is 1.84. The van der Waals surface area contributed by atoms with Crippen LogP contribution in [0.15, 0.2) is 79.3 Å². The van der Waals surface area contributed by atoms with Crippen LogP contribution in [0.1, 0.15) is 49.7 Å². The number of hydrogen-bond donors (Lipinski definition) is 0. The van der Waals surface area contributed by atoms with E-state index in [0.717, 1.165) is 25.3 Å². The first-order valence-electron chi connectivity index (χ1n) is 12.8. The second-order valence-electron chi connectivity index (χ2n) is 10.8. The Bertz CT molecular complexity index is 1630. The van der Waals surface area contributed by atoms with Crippen LogP contribution in [0.2, 0.25) is 0 Å². The van der Waals surface area contributed by atoms with E-state index in [0.29, 0.717) is 16.5 Å². The average Bonchev–Trinajstić information content (AvgIpc) is 3.30. The van der Waals surface area contributed by atoms with Gasteiger partial charge in [-0.3, -0.25) is 14.3 Å². The lowest BCUT2D eigenvalue weighted by molar-refractivity contribution is 0.0772. The fourth-order valence-electron chi connectivity index (χ4n) is 4.38. The summed E-state index contributed by atoms with van der Waals surface area (Å²) in [6.07, 6.45) is 4.00. The van der Waals surface area contributed by atoms with E-state index in [2.05, 4.69) is 4.98 Å². The quantitative estimate of drug-likeness (QED) is 0.278. The van der Waals surface area contributed by atoms with Crippen LogP contribution >= 0.6 is 0 Å². The monoisotopic (exact) mass is 562 g/mol. The highest BCUT2D eigenvalue weighted by Gasteiger charge is 2.38. The van der Waals surface area contributed by atoms with Gasteiger partial charge in [0.2, 0.25) is 5.91 Å². The van der Waals surface area contributed by atoms with E-state index in [1.807, 2.05) is 57.2 Å². The van der Waals surface area contributed by atoms with Crippen molar-refractivity contribution in [2.45, 2.75) is 40.3 Å². The molecule has 0 radical (unpaired) electrons. The summed E-state index contributed by atoms with van der Waals surface area (Å²) in [6, 6.07) is 17.4. The summed E-state index contributed by atoms with van der Waals surface area (Å²) in [5, 5.41) is 0.651. The molecule has 2 aromatic heterocycles. The van der Waals surface area contributed by atoms with Crippen LogP contribution in [0.3, 0.4) is 0 Å². The molecule has 0 saturated carbocycles. The standard InChI is InChI=1S/C30H34N4O5S/c1-21(34(40(37,38)32(5)6)29(36)39-20-22-10-8-7-9-11-22)26-19-33(28(35)30(2,3)4)27-18-24(12-13-25(26)27)23-14-16-31-17-15-23/h7-19,21H,20H2,1-6H3. The number of rotatable bonds is 7. The molecule has 1 atom stereocenters. The molecule has 0 saturated heterocycles. The Morgan fingerprint density at radius 3 is 2.23 bits per heavy atom. The van der Waals surface area contributed by atoms with E-state index in [1.165, 1.54) is 14.1 Å². The Kier molecular flexibility index (Phi) is 8.13. The molecule has 4 rings (SSSR count). The Labute approximate surface area is 235 Å². The first-order valence-corrected chi connectivity index (χ1v) is 14.2. The fourth-order valence-corrected chi connectivity index (χ4v) is 5.48. The number of benzene rings is 2. The van der Waals surface area contributed by atoms with Crippen molar-refractivity contribution in [1.82, 2.24) is 18.2 Å². The smallest absolute Gasteiger partial charge is 0.425 e. The molecular weight excluding hydrogens is 528 g/mol. The molecule has 1 unspecified atom stereocenters. The summed E-state index contributed by atoms with van der Waals surface area (Å²) in [7, 11) is -1.55. The van der Waals surface area contributed by atoms with Crippen LogP contribution in [-0.2, 0) is 21.6 Å². The van der Waals surface area contributed by atoms with Crippen LogP contribution in [0.25, 0.3) is 22.0 Å². The van der Waals surface area contributed by atoms with Crippen LogP contribution in [0.5, 0.6) is 0 Å². The van der Waals surface area contributed by atoms with Crippen LogP contribution < -0.4 is 0 Å². The highest BCUT2D eigenvalue weighted by atomic mass is 32.2. The number of fused-ring (bicyclic) bond motifs is 1. The first kappa shape index (κ1) is 29.0. The Hall–Kier alpha value is -4.02. The number of carbonyl (C=O) groups is 2. The number of amides is 1. The summed E-state index contributed by atoms with van der Waals surface area (Å²) >= 11 is 0. The van der Waals surface area contributed by atoms with E-state index < -0.39 is 27.8 Å². The minimum absolute atomic E-state index is 0.0919. The lowest BCUT2D eigenvalue weighted by atomic mass is 9.95. The molecule has 2 aromatic carbocycles. The second kappa shape index (κ2) is 11.2. The molecule has 0 N–H and O–H groups in total. The maximum absolute atomic E-state index is 13.6. The normalized spacial score (nSPS) is 12.9. The predicted molar refractivity (Wildman–Crippen MR) is 155 cm³/mol. The van der Waals surface area contributed by atoms with Crippen molar-refractivity contribution in [2.75, 3.05) is 14.1 Å². The zero-order chi connectivity index (χ0) is 29.2. The van der Waals surface area contributed by atoms with Crippen molar-refractivity contribution in [2.24, 2.45) is 5.41 Å². The van der Waals surface area contributed by atoms with Gasteiger partial charge in [0.25, 0.3) is 0 Å². The van der Waals surface area contributed by atoms with Crippen molar-refractivity contribution in [3.05, 3.63) is 90.4 Å². The Morgan fingerprint density at radius 1 is 0.975 bits per heavy atom. The molecule has 0 bridgehead atoms. The predicted octanol–water partition coefficient (Wildman–Crippen LogP) is 5.90. The lowest BCUT2D eigenvalue weighted by Gasteiger charge is -2.30. The zero-order valence-corrected chi connectivity index (χ0v) is 24.3. The third-order valence-corrected chi connectivity index (χ3v) is 8.49. The van der Waals surface area contributed by atoms with Crippen molar-refractivity contribution in [1.29, 1.82) is 0 Å². The summed E-state index contributed by atoms with van der Waals surface area (Å²) in [6.45, 7) is 6.98. The van der Waals surface area contributed by atoms with Gasteiger partial charge in [0, 0.05) is 49.1 Å². The van der Waals surface area contributed by atoms with Gasteiger partial charge >= 0.3 is 16.3 Å². The minimum Gasteiger partial charge on any atom is -0.444 e. The van der Waals surface area contributed by atoms with Crippen LogP contribution in [-0.4, -0.2) is 52.7 Å². The molecule has 0 spiro atoms. The van der Waals surface area contributed by atoms with E-state index in [1.54, 1.807) is 54.3 Å². The van der Waals surface area contributed by atoms with Gasteiger partial charge < -0.3 is 4.74 Å². The lowest BCUT2D eigenvalue weighted by Crippen LogP contribution is -2.45. The molecule has 4 aromatic rings. The number of nitrogens with zero attached hydrogens (tertiary/aromatic N) is 4. The molecule has 10 heteroatoms. The molecular formula is C30H34N4O5S. The Morgan fingerprint density at radius 2 is 1.62 bits per heavy atom. The molecule has 40 heavy (non-hydrogen) atoms. The summed E-state index contributed by atoms with van der Waals surface area (Å²) in [4.78, 5) is 31.0. The van der Waals surface area contributed by atoms with Crippen LogP contribution in [0, 0.1) is 5.41 Å². The van der Waals surface area contributed by atoms with Gasteiger partial charge in [0.05, 0.1) is 11.6 Å². The van der Waals surface area contributed by atoms with Gasteiger partial charge in [-0.15, -0.1) is 0 Å². The number of pyridine rings is 1. The molecule has 9 nitrogen and oxygen atoms in total. The first-order chi connectivity index (χ1) is 18.8. The maximum Gasteiger partial charge on any atom is 0.425 e. The maximum atomic E-state index is 13.6. The van der Waals surface area contributed by atoms with Gasteiger partial charge in [-0.1, -0.05) is 63.2 Å². The third kappa shape index (κ3) is 5.78. The molecule has 0 aliphatic carbocycles. The molecule has 0 fully saturated rings. The average molecular weight is 563 g/mol. The van der Waals surface area contributed by atoms with Crippen molar-refractivity contribution < 1.29 is 22.7 Å². The number of hydrogen-bond acceptors (Lipinski definition) is 6. The van der Waals surface area contributed by atoms with E-state index in [9.17, 15) is 18.0 Å². The van der Waals surface area contributed by atoms with Crippen molar-refractivity contribution >= 4 is 33.1 Å². The van der Waals surface area contributed by atoms with Gasteiger partial charge in [-0.05, 0) is 41.8 Å². The SMILES string of the molecule is CC(c1cn(C(=O)C(C)(C)C)c2cc(-c3ccncc3)ccc12)N(C(=O)OCc1ccccc1)S(=O)(=O)N(C)C. The van der Waals surface area contributed by atoms with Crippen LogP contribution in [0.4, 0.5) is 4.79 Å². The number of aromatic nitrogens is 2. The van der Waals surface area contributed by atoms with Gasteiger partial charge in [0.1, 0.15) is 6.61 Å². The van der Waals surface area contributed by atoms with Gasteiger partial charge in [0.15, 0.2) is 0 Å². The van der Waals surface area contributed by atoms with Gasteiger partial charge in [-0.2, -0.15) is 17.0 Å². The minimum atomic E-state index is -4.26. The topological polar surface area (TPSA) is 102 Å². The molecule has 2 heterocycles. The molecule has 0 aliphatic rings. The highest BCUT2D eigenvalue weighted by molar-refractivity contribution is 7.87. The van der Waals surface area contributed by atoms with Gasteiger partial charge in [-0.25, -0.2) is 4.79 Å². The number of carbonyl (C=O) groups excluding carboxylic acids is 2. The molecule has 1 amide bonds. The number of ether oxygens (including phenoxy) is 1. The summed E-state index contributed by atoms with van der Waals surface area (Å²) < 4.78 is 35.6. The third-order valence-electron chi connectivity index (χ3n) is 6.61. The molecule has 0 aliphatic heterocycles. The highest BCUT2D eigenvalue weighted by Crippen LogP contribution is 2.36. The van der Waals surface area contributed by atoms with E-state index in [4.69, 9.17) is 4.74 Å². The fraction of sp³-hybridized carbons (Fsp3) is 0.300. The van der Waals surface area contributed by atoms with Crippen molar-refractivity contribution in [3.8, 4) is 11.1 Å². The van der Waals surface area contributed by atoms with E-state index >= 15 is 0 Å².